The van der Waals surface area contributed by atoms with Crippen molar-refractivity contribution in [2.45, 2.75) is 280 Å². The minimum absolute atomic E-state index is 0.0845. The van der Waals surface area contributed by atoms with Gasteiger partial charge in [-0.3, -0.25) is 4.79 Å². The van der Waals surface area contributed by atoms with E-state index in [1.165, 1.54) is 19.4 Å². The van der Waals surface area contributed by atoms with Crippen molar-refractivity contribution in [2.75, 3.05) is 19.8 Å². The second-order valence-corrected chi connectivity index (χ2v) is 28.6. The summed E-state index contributed by atoms with van der Waals surface area (Å²) in [5.41, 5.74) is -1.42. The van der Waals surface area contributed by atoms with Crippen LogP contribution in [0.2, 0.25) is 0 Å². The molecule has 10 aliphatic rings. The molecule has 5 aliphatic heterocycles. The molecule has 0 bridgehead atoms. The lowest BCUT2D eigenvalue weighted by atomic mass is 9.33. The molecule has 84 heavy (non-hydrogen) atoms. The molecule has 14 N–H and O–H groups in total. The molecule has 4 saturated carbocycles. The Morgan fingerprint density at radius 2 is 1.06 bits per heavy atom. The predicted octanol–water partition coefficient (Wildman–Crippen LogP) is -1.52. The molecule has 0 aromatic heterocycles. The van der Waals surface area contributed by atoms with Crippen LogP contribution in [0.5, 0.6) is 0 Å². The SMILES string of the molecule is C[C@@H]1O[C@@H](O[C@H]2[C@H](OC(=O)[C@]34CCC(C)(C)C[C@H]3C3=CC[C@@H]5[C@@]6(C)CC[C@H](O[C@@H]7OC[C@H](O)[C@H](O[C@@H]8O[C@H](CO)[C@@H](O)[C@H](O)[C@H]8O)[C@H]7O[C@@H]7O[C@@H](C)[C@H](O)[C@@H](O)[C@H]7O)C(C)(C)[C@@H]6CC[C@@]5(C)[C@]3(C)CC4)O[C@H](CO)[C@@H](O)[C@@H]2O)[C@H](O)[C@H](O)[C@H]1O. The van der Waals surface area contributed by atoms with Gasteiger partial charge in [-0.2, -0.15) is 0 Å². The minimum atomic E-state index is -1.85. The van der Waals surface area contributed by atoms with E-state index >= 15 is 4.79 Å². The number of hydrogen-bond acceptors (Lipinski definition) is 25. The molecule has 9 fully saturated rings. The van der Waals surface area contributed by atoms with Crippen LogP contribution < -0.4 is 0 Å². The molecule has 25 heteroatoms. The van der Waals surface area contributed by atoms with E-state index < -0.39 is 184 Å². The van der Waals surface area contributed by atoms with Crippen molar-refractivity contribution in [3.63, 3.8) is 0 Å². The average Bonchev–Trinajstić information content (AvgIpc) is 0.731. The number of rotatable bonds is 12. The molecule has 5 heterocycles. The van der Waals surface area contributed by atoms with Crippen LogP contribution in [0.15, 0.2) is 11.6 Å². The summed E-state index contributed by atoms with van der Waals surface area (Å²) in [4.78, 5) is 15.4. The normalized spacial score (nSPS) is 54.6. The number of aliphatic hydroxyl groups is 14. The Morgan fingerprint density at radius 3 is 1.65 bits per heavy atom. The van der Waals surface area contributed by atoms with Gasteiger partial charge in [-0.05, 0) is 123 Å². The first-order valence-corrected chi connectivity index (χ1v) is 30.5. The van der Waals surface area contributed by atoms with Gasteiger partial charge in [0.1, 0.15) is 97.7 Å². The van der Waals surface area contributed by atoms with Crippen LogP contribution in [-0.2, 0) is 52.2 Å². The van der Waals surface area contributed by atoms with Gasteiger partial charge in [0, 0.05) is 0 Å². The summed E-state index contributed by atoms with van der Waals surface area (Å²) in [7, 11) is 0. The molecule has 0 aromatic rings. The van der Waals surface area contributed by atoms with E-state index in [0.29, 0.717) is 38.5 Å². The van der Waals surface area contributed by atoms with Gasteiger partial charge in [0.25, 0.3) is 0 Å². The van der Waals surface area contributed by atoms with Crippen LogP contribution in [-0.4, -0.2) is 251 Å². The van der Waals surface area contributed by atoms with E-state index in [0.717, 1.165) is 25.7 Å². The van der Waals surface area contributed by atoms with Crippen molar-refractivity contribution < 1.29 is 124 Å². The van der Waals surface area contributed by atoms with E-state index in [1.807, 2.05) is 0 Å². The highest BCUT2D eigenvalue weighted by molar-refractivity contribution is 5.79. The van der Waals surface area contributed by atoms with Gasteiger partial charge in [0.2, 0.25) is 6.29 Å². The number of aliphatic hydroxyl groups excluding tert-OH is 14. The maximum atomic E-state index is 15.4. The van der Waals surface area contributed by atoms with Crippen molar-refractivity contribution in [1.82, 2.24) is 0 Å². The van der Waals surface area contributed by atoms with Gasteiger partial charge in [0.05, 0.1) is 43.5 Å². The number of ether oxygens (including phenoxy) is 10. The monoisotopic (exact) mass is 1200 g/mol. The van der Waals surface area contributed by atoms with Gasteiger partial charge in [0.15, 0.2) is 31.3 Å². The zero-order valence-corrected chi connectivity index (χ0v) is 49.7. The lowest BCUT2D eigenvalue weighted by Gasteiger charge is -2.71. The van der Waals surface area contributed by atoms with Gasteiger partial charge in [-0.1, -0.05) is 60.1 Å². The molecule has 5 aliphatic carbocycles. The Morgan fingerprint density at radius 1 is 0.536 bits per heavy atom. The summed E-state index contributed by atoms with van der Waals surface area (Å²) in [6, 6.07) is 0. The highest BCUT2D eigenvalue weighted by Gasteiger charge is 2.70. The fourth-order valence-electron chi connectivity index (χ4n) is 17.6. The second-order valence-electron chi connectivity index (χ2n) is 28.6. The third-order valence-corrected chi connectivity index (χ3v) is 23.1. The molecule has 482 valence electrons. The van der Waals surface area contributed by atoms with Crippen LogP contribution in [0.4, 0.5) is 0 Å². The van der Waals surface area contributed by atoms with Gasteiger partial charge < -0.3 is 119 Å². The molecule has 0 spiro atoms. The molecule has 0 unspecified atom stereocenters. The van der Waals surface area contributed by atoms with Crippen molar-refractivity contribution in [2.24, 2.45) is 50.2 Å². The first-order chi connectivity index (χ1) is 39.3. The smallest absolute Gasteiger partial charge is 0.315 e. The van der Waals surface area contributed by atoms with E-state index in [1.54, 1.807) is 0 Å². The minimum Gasteiger partial charge on any atom is -0.432 e. The van der Waals surface area contributed by atoms with Crippen molar-refractivity contribution in [3.05, 3.63) is 11.6 Å². The lowest BCUT2D eigenvalue weighted by molar-refractivity contribution is -0.388. The number of allylic oxidation sites excluding steroid dienone is 2. The van der Waals surface area contributed by atoms with Crippen LogP contribution in [0.1, 0.15) is 127 Å². The number of fused-ring (bicyclic) bond motifs is 7. The number of hydrogen-bond donors (Lipinski definition) is 14. The van der Waals surface area contributed by atoms with E-state index in [-0.39, 0.29) is 46.0 Å². The van der Waals surface area contributed by atoms with E-state index in [4.69, 9.17) is 47.4 Å². The Balaban J connectivity index is 0.903. The Kier molecular flexibility index (Phi) is 18.5. The Labute approximate surface area is 490 Å². The van der Waals surface area contributed by atoms with E-state index in [9.17, 15) is 71.5 Å². The summed E-state index contributed by atoms with van der Waals surface area (Å²) in [6.45, 7) is 17.0. The average molecular weight is 1210 g/mol. The quantitative estimate of drug-likeness (QED) is 0.0600. The summed E-state index contributed by atoms with van der Waals surface area (Å²) in [6.07, 6.45) is -29.0. The van der Waals surface area contributed by atoms with Crippen LogP contribution in [0, 0.1) is 50.2 Å². The van der Waals surface area contributed by atoms with Gasteiger partial charge >= 0.3 is 5.97 Å². The summed E-state index contributed by atoms with van der Waals surface area (Å²) in [5.74, 6) is -0.585. The standard InChI is InChI=1S/C59H96O25/c1-24-34(63)38(67)42(71)48(76-24)82-46-41(70)37(66)30(22-61)79-52(46)84-53(74)59-18-16-54(3,4)20-27(59)26-10-11-32-56(7)14-13-33(55(5,6)31(56)12-15-58(32,9)57(26,8)17-19-59)80-51-47(83-49-43(72)39(68)35(64)25(2)77-49)45(28(62)23-75-51)81-50-44(73)40(69)36(65)29(21-60)78-50/h10,24-25,27-52,60-73H,11-23H2,1-9H3/t24-,25-,27-,28-,29+,30+,31-,32+,33-,34-,35-,36+,37+,38+,39+,40-,41-,42+,43+,44+,45-,46+,47+,48-,49-,50-,51-,52-,56-,57+,58+,59-/m0/s1. The maximum Gasteiger partial charge on any atom is 0.315 e. The highest BCUT2D eigenvalue weighted by atomic mass is 16.8. The Bertz CT molecular complexity index is 2340. The maximum absolute atomic E-state index is 15.4. The van der Waals surface area contributed by atoms with Crippen LogP contribution >= 0.6 is 0 Å². The van der Waals surface area contributed by atoms with E-state index in [2.05, 4.69) is 54.5 Å². The summed E-state index contributed by atoms with van der Waals surface area (Å²) >= 11 is 0. The first kappa shape index (κ1) is 65.2. The predicted molar refractivity (Wildman–Crippen MR) is 287 cm³/mol. The fraction of sp³-hybridized carbons (Fsp3) is 0.949. The zero-order chi connectivity index (χ0) is 61.3. The number of esters is 1. The zero-order valence-electron chi connectivity index (χ0n) is 49.7. The van der Waals surface area contributed by atoms with Crippen LogP contribution in [0.3, 0.4) is 0 Å². The molecular formula is C59H96O25. The summed E-state index contributed by atoms with van der Waals surface area (Å²) < 4.78 is 61.4. The Hall–Kier alpha value is -1.71. The molecule has 5 saturated heterocycles. The number of carbonyl (C=O) groups excluding carboxylic acids is 1. The second kappa shape index (κ2) is 23.8. The third kappa shape index (κ3) is 10.8. The topological polar surface area (TPSA) is 393 Å². The molecule has 25 nitrogen and oxygen atoms in total. The highest BCUT2D eigenvalue weighted by Crippen LogP contribution is 2.76. The molecule has 10 rings (SSSR count). The van der Waals surface area contributed by atoms with Gasteiger partial charge in [-0.15, -0.1) is 0 Å². The fourth-order valence-corrected chi connectivity index (χ4v) is 17.6. The van der Waals surface area contributed by atoms with Gasteiger partial charge in [-0.25, -0.2) is 0 Å². The lowest BCUT2D eigenvalue weighted by Crippen LogP contribution is -2.67. The number of carbonyl (C=O) groups is 1. The largest absolute Gasteiger partial charge is 0.432 e. The summed E-state index contributed by atoms with van der Waals surface area (Å²) in [5, 5.41) is 151. The molecule has 0 radical (unpaired) electrons. The van der Waals surface area contributed by atoms with Crippen LogP contribution in [0.25, 0.3) is 0 Å². The third-order valence-electron chi connectivity index (χ3n) is 23.1. The van der Waals surface area contributed by atoms with Crippen molar-refractivity contribution in [1.29, 1.82) is 0 Å². The molecule has 0 amide bonds. The molecule has 0 aromatic carbocycles. The molecule has 32 atom stereocenters. The van der Waals surface area contributed by atoms with Crippen molar-refractivity contribution >= 4 is 5.97 Å². The molecular weight excluding hydrogens is 1110 g/mol. The van der Waals surface area contributed by atoms with Crippen molar-refractivity contribution in [3.8, 4) is 0 Å². The first-order valence-electron chi connectivity index (χ1n) is 30.5.